The van der Waals surface area contributed by atoms with Crippen molar-refractivity contribution in [1.29, 1.82) is 0 Å². The molecular formula is C14H18O3. The number of carboxylic acids is 1. The molecule has 0 aliphatic carbocycles. The Morgan fingerprint density at radius 2 is 1.94 bits per heavy atom. The first-order valence-corrected chi connectivity index (χ1v) is 5.63. The van der Waals surface area contributed by atoms with Crippen molar-refractivity contribution in [3.8, 4) is 5.75 Å². The van der Waals surface area contributed by atoms with Gasteiger partial charge in [0, 0.05) is 6.08 Å². The summed E-state index contributed by atoms with van der Waals surface area (Å²) in [4.78, 5) is 10.5. The summed E-state index contributed by atoms with van der Waals surface area (Å²) >= 11 is 0. The van der Waals surface area contributed by atoms with Crippen molar-refractivity contribution >= 4 is 11.5 Å². The van der Waals surface area contributed by atoms with Gasteiger partial charge in [-0.3, -0.25) is 0 Å². The standard InChI is InChI=1S/C14H18O3/c1-10(2)9-17-13-6-4-12(5-7-13)11(3)8-14(15)16/h4-8,10H,9H2,1-3H3,(H,15,16)/b11-8+. The van der Waals surface area contributed by atoms with Crippen LogP contribution in [0.15, 0.2) is 30.3 Å². The first-order chi connectivity index (χ1) is 7.99. The number of hydrogen-bond donors (Lipinski definition) is 1. The van der Waals surface area contributed by atoms with Gasteiger partial charge in [-0.1, -0.05) is 26.0 Å². The third kappa shape index (κ3) is 4.72. The molecule has 0 atom stereocenters. The van der Waals surface area contributed by atoms with Crippen LogP contribution in [0.4, 0.5) is 0 Å². The fourth-order valence-corrected chi connectivity index (χ4v) is 1.35. The topological polar surface area (TPSA) is 46.5 Å². The Hall–Kier alpha value is -1.77. The normalized spacial score (nSPS) is 11.6. The van der Waals surface area contributed by atoms with Gasteiger partial charge in [-0.15, -0.1) is 0 Å². The molecule has 0 heterocycles. The Morgan fingerprint density at radius 1 is 1.35 bits per heavy atom. The van der Waals surface area contributed by atoms with Crippen LogP contribution >= 0.6 is 0 Å². The maximum Gasteiger partial charge on any atom is 0.328 e. The monoisotopic (exact) mass is 234 g/mol. The molecule has 0 fully saturated rings. The third-order valence-electron chi connectivity index (χ3n) is 2.23. The molecule has 1 aromatic rings. The van der Waals surface area contributed by atoms with Crippen molar-refractivity contribution in [3.05, 3.63) is 35.9 Å². The van der Waals surface area contributed by atoms with Crippen LogP contribution < -0.4 is 4.74 Å². The average Bonchev–Trinajstić information content (AvgIpc) is 2.26. The SMILES string of the molecule is C/C(=C\C(=O)O)c1ccc(OCC(C)C)cc1. The molecule has 0 aliphatic rings. The van der Waals surface area contributed by atoms with Crippen molar-refractivity contribution in [2.24, 2.45) is 5.92 Å². The van der Waals surface area contributed by atoms with E-state index in [4.69, 9.17) is 9.84 Å². The van der Waals surface area contributed by atoms with E-state index in [2.05, 4.69) is 13.8 Å². The number of carbonyl (C=O) groups is 1. The quantitative estimate of drug-likeness (QED) is 0.796. The summed E-state index contributed by atoms with van der Waals surface area (Å²) in [7, 11) is 0. The van der Waals surface area contributed by atoms with Crippen molar-refractivity contribution < 1.29 is 14.6 Å². The van der Waals surface area contributed by atoms with Crippen LogP contribution in [0.3, 0.4) is 0 Å². The lowest BCUT2D eigenvalue weighted by Crippen LogP contribution is -2.04. The van der Waals surface area contributed by atoms with E-state index in [0.717, 1.165) is 16.9 Å². The Bertz CT molecular complexity index is 402. The molecule has 17 heavy (non-hydrogen) atoms. The first kappa shape index (κ1) is 13.3. The molecular weight excluding hydrogens is 216 g/mol. The maximum atomic E-state index is 10.5. The summed E-state index contributed by atoms with van der Waals surface area (Å²) in [6.07, 6.45) is 1.20. The van der Waals surface area contributed by atoms with Crippen LogP contribution in [-0.2, 0) is 4.79 Å². The minimum absolute atomic E-state index is 0.489. The van der Waals surface area contributed by atoms with Gasteiger partial charge >= 0.3 is 5.97 Å². The Balaban J connectivity index is 2.71. The van der Waals surface area contributed by atoms with E-state index in [1.54, 1.807) is 6.92 Å². The number of carboxylic acid groups (broad SMARTS) is 1. The van der Waals surface area contributed by atoms with Gasteiger partial charge in [0.15, 0.2) is 0 Å². The lowest BCUT2D eigenvalue weighted by Gasteiger charge is -2.09. The number of ether oxygens (including phenoxy) is 1. The predicted molar refractivity (Wildman–Crippen MR) is 68.1 cm³/mol. The highest BCUT2D eigenvalue weighted by atomic mass is 16.5. The largest absolute Gasteiger partial charge is 0.493 e. The van der Waals surface area contributed by atoms with Gasteiger partial charge in [-0.25, -0.2) is 4.79 Å². The number of aliphatic carboxylic acids is 1. The fraction of sp³-hybridized carbons (Fsp3) is 0.357. The van der Waals surface area contributed by atoms with E-state index in [1.165, 1.54) is 6.08 Å². The summed E-state index contributed by atoms with van der Waals surface area (Å²) in [5.74, 6) is 0.372. The van der Waals surface area contributed by atoms with Crippen molar-refractivity contribution in [2.45, 2.75) is 20.8 Å². The zero-order valence-electron chi connectivity index (χ0n) is 10.4. The van der Waals surface area contributed by atoms with E-state index < -0.39 is 5.97 Å². The highest BCUT2D eigenvalue weighted by molar-refractivity contribution is 5.89. The number of benzene rings is 1. The van der Waals surface area contributed by atoms with E-state index in [9.17, 15) is 4.79 Å². The second-order valence-electron chi connectivity index (χ2n) is 4.39. The van der Waals surface area contributed by atoms with Gasteiger partial charge in [0.2, 0.25) is 0 Å². The molecule has 3 nitrogen and oxygen atoms in total. The van der Waals surface area contributed by atoms with Gasteiger partial charge < -0.3 is 9.84 Å². The molecule has 0 aromatic heterocycles. The second-order valence-corrected chi connectivity index (χ2v) is 4.39. The molecule has 1 rings (SSSR count). The second kappa shape index (κ2) is 6.09. The molecule has 1 N–H and O–H groups in total. The Labute approximate surface area is 102 Å². The van der Waals surface area contributed by atoms with Gasteiger partial charge in [-0.05, 0) is 36.1 Å². The third-order valence-corrected chi connectivity index (χ3v) is 2.23. The van der Waals surface area contributed by atoms with Gasteiger partial charge in [0.25, 0.3) is 0 Å². The summed E-state index contributed by atoms with van der Waals surface area (Å²) < 4.78 is 5.55. The predicted octanol–water partition coefficient (Wildman–Crippen LogP) is 3.21. The van der Waals surface area contributed by atoms with E-state index in [0.29, 0.717) is 12.5 Å². The molecule has 0 saturated heterocycles. The summed E-state index contributed by atoms with van der Waals surface area (Å²) in [5, 5.41) is 8.64. The molecule has 1 aromatic carbocycles. The maximum absolute atomic E-state index is 10.5. The van der Waals surface area contributed by atoms with Gasteiger partial charge in [0.05, 0.1) is 6.61 Å². The van der Waals surface area contributed by atoms with Crippen LogP contribution in [0.25, 0.3) is 5.57 Å². The van der Waals surface area contributed by atoms with Gasteiger partial charge in [-0.2, -0.15) is 0 Å². The summed E-state index contributed by atoms with van der Waals surface area (Å²) in [5.41, 5.74) is 1.62. The number of rotatable bonds is 5. The molecule has 0 radical (unpaired) electrons. The smallest absolute Gasteiger partial charge is 0.328 e. The zero-order chi connectivity index (χ0) is 12.8. The minimum Gasteiger partial charge on any atom is -0.493 e. The van der Waals surface area contributed by atoms with E-state index in [1.807, 2.05) is 24.3 Å². The molecule has 92 valence electrons. The summed E-state index contributed by atoms with van der Waals surface area (Å²) in [6.45, 7) is 6.64. The molecule has 0 spiro atoms. The Kier molecular flexibility index (Phi) is 4.76. The molecule has 0 amide bonds. The van der Waals surface area contributed by atoms with Crippen LogP contribution in [0.2, 0.25) is 0 Å². The highest BCUT2D eigenvalue weighted by Crippen LogP contribution is 2.18. The fourth-order valence-electron chi connectivity index (χ4n) is 1.35. The van der Waals surface area contributed by atoms with Crippen molar-refractivity contribution in [1.82, 2.24) is 0 Å². The molecule has 3 heteroatoms. The van der Waals surface area contributed by atoms with Crippen LogP contribution in [-0.4, -0.2) is 17.7 Å². The van der Waals surface area contributed by atoms with Crippen LogP contribution in [0.1, 0.15) is 26.3 Å². The molecule has 0 unspecified atom stereocenters. The van der Waals surface area contributed by atoms with Crippen molar-refractivity contribution in [2.75, 3.05) is 6.61 Å². The minimum atomic E-state index is -0.928. The first-order valence-electron chi connectivity index (χ1n) is 5.63. The number of hydrogen-bond acceptors (Lipinski definition) is 2. The Morgan fingerprint density at radius 3 is 2.41 bits per heavy atom. The van der Waals surface area contributed by atoms with Crippen LogP contribution in [0, 0.1) is 5.92 Å². The molecule has 0 aliphatic heterocycles. The van der Waals surface area contributed by atoms with E-state index >= 15 is 0 Å². The molecule has 0 saturated carbocycles. The highest BCUT2D eigenvalue weighted by Gasteiger charge is 2.00. The lowest BCUT2D eigenvalue weighted by atomic mass is 10.1. The average molecular weight is 234 g/mol. The van der Waals surface area contributed by atoms with Crippen LogP contribution in [0.5, 0.6) is 5.75 Å². The number of allylic oxidation sites excluding steroid dienone is 1. The lowest BCUT2D eigenvalue weighted by molar-refractivity contribution is -0.131. The molecule has 0 bridgehead atoms. The van der Waals surface area contributed by atoms with Gasteiger partial charge in [0.1, 0.15) is 5.75 Å². The van der Waals surface area contributed by atoms with Crippen molar-refractivity contribution in [3.63, 3.8) is 0 Å². The van der Waals surface area contributed by atoms with E-state index in [-0.39, 0.29) is 0 Å². The zero-order valence-corrected chi connectivity index (χ0v) is 10.4. The summed E-state index contributed by atoms with van der Waals surface area (Å²) in [6, 6.07) is 7.45.